The molecule has 4 aliphatic rings. The van der Waals surface area contributed by atoms with Crippen molar-refractivity contribution in [3.63, 3.8) is 0 Å². The first-order valence-electron chi connectivity index (χ1n) is 14.5. The van der Waals surface area contributed by atoms with E-state index in [1.54, 1.807) is 11.0 Å². The number of aryl methyl sites for hydroxylation is 1. The highest BCUT2D eigenvalue weighted by Gasteiger charge is 2.51. The molecule has 1 aromatic heterocycles. The molecule has 2 aromatic carbocycles. The van der Waals surface area contributed by atoms with Gasteiger partial charge in [0, 0.05) is 68.8 Å². The second-order valence-corrected chi connectivity index (χ2v) is 11.7. The molecule has 0 saturated carbocycles. The summed E-state index contributed by atoms with van der Waals surface area (Å²) in [6.45, 7) is 5.81. The van der Waals surface area contributed by atoms with Gasteiger partial charge in [-0.15, -0.1) is 0 Å². The van der Waals surface area contributed by atoms with Gasteiger partial charge < -0.3 is 14.7 Å². The minimum Gasteiger partial charge on any atom is -0.368 e. The number of nitrogens with zero attached hydrogens (tertiary/aromatic N) is 9. The number of likely N-dealkylation sites (tertiary alicyclic amines) is 1. The average Bonchev–Trinajstić information content (AvgIpc) is 3.81. The van der Waals surface area contributed by atoms with Gasteiger partial charge in [0.2, 0.25) is 11.8 Å². The number of anilines is 2. The number of piperazine rings is 1. The number of aliphatic imine (C=N–C) groups is 1. The van der Waals surface area contributed by atoms with Gasteiger partial charge in [-0.25, -0.2) is 4.98 Å². The van der Waals surface area contributed by atoms with Gasteiger partial charge in [-0.1, -0.05) is 6.07 Å². The van der Waals surface area contributed by atoms with E-state index in [1.807, 2.05) is 47.2 Å². The maximum Gasteiger partial charge on any atom is 0.236 e. The molecule has 2 amide bonds. The third-order valence-corrected chi connectivity index (χ3v) is 9.20. The van der Waals surface area contributed by atoms with Gasteiger partial charge >= 0.3 is 0 Å². The molecule has 0 N–H and O–H groups in total. The van der Waals surface area contributed by atoms with Gasteiger partial charge in [-0.05, 0) is 61.3 Å². The zero-order chi connectivity index (χ0) is 28.8. The quantitative estimate of drug-likeness (QED) is 0.467. The molecule has 42 heavy (non-hydrogen) atoms. The van der Waals surface area contributed by atoms with Crippen molar-refractivity contribution in [1.82, 2.24) is 24.6 Å². The van der Waals surface area contributed by atoms with Crippen LogP contribution in [0.25, 0.3) is 11.4 Å². The highest BCUT2D eigenvalue weighted by atomic mass is 16.2. The Hall–Kier alpha value is -4.56. The van der Waals surface area contributed by atoms with Crippen molar-refractivity contribution >= 4 is 28.9 Å². The molecule has 0 aliphatic carbocycles. The lowest BCUT2D eigenvalue weighted by Gasteiger charge is -2.37. The van der Waals surface area contributed by atoms with E-state index in [4.69, 9.17) is 0 Å². The lowest BCUT2D eigenvalue weighted by atomic mass is 9.85. The summed E-state index contributed by atoms with van der Waals surface area (Å²) < 4.78 is 1.69. The van der Waals surface area contributed by atoms with Gasteiger partial charge in [0.05, 0.1) is 18.5 Å². The Morgan fingerprint density at radius 1 is 1.00 bits per heavy atom. The number of aromatic nitrogens is 3. The first kappa shape index (κ1) is 26.3. The van der Waals surface area contributed by atoms with Crippen molar-refractivity contribution in [3.8, 4) is 17.5 Å². The lowest BCUT2D eigenvalue weighted by Crippen LogP contribution is -2.51. The summed E-state index contributed by atoms with van der Waals surface area (Å²) in [5, 5.41) is 13.8. The van der Waals surface area contributed by atoms with Gasteiger partial charge in [0.1, 0.15) is 18.1 Å². The maximum absolute atomic E-state index is 13.7. The van der Waals surface area contributed by atoms with E-state index in [0.29, 0.717) is 50.8 Å². The molecule has 3 saturated heterocycles. The minimum atomic E-state index is -0.443. The van der Waals surface area contributed by atoms with Crippen LogP contribution < -0.4 is 9.80 Å². The molecule has 1 atom stereocenters. The number of amides is 2. The molecule has 4 aliphatic heterocycles. The molecule has 5 heterocycles. The number of fused-ring (bicyclic) bond motifs is 1. The Morgan fingerprint density at radius 2 is 1.76 bits per heavy atom. The Balaban J connectivity index is 0.926. The Morgan fingerprint density at radius 3 is 2.50 bits per heavy atom. The van der Waals surface area contributed by atoms with Crippen molar-refractivity contribution in [1.29, 1.82) is 5.26 Å². The van der Waals surface area contributed by atoms with Crippen molar-refractivity contribution < 1.29 is 9.59 Å². The average molecular weight is 564 g/mol. The maximum atomic E-state index is 13.7. The van der Waals surface area contributed by atoms with Crippen LogP contribution in [-0.2, 0) is 23.2 Å². The molecule has 0 radical (unpaired) electrons. The van der Waals surface area contributed by atoms with E-state index in [-0.39, 0.29) is 11.8 Å². The standard InChI is InChI=1S/C31H33N9O2/c1-36-21-34-29(35-36)22-2-5-24(6-3-22)38-12-14-39(15-13-38)28(41)19-37-10-8-31(20-37)9-11-40(30(31)42)25-7-4-23-18-33-27(17-32)26(23)16-25/h2-7,16,21H,8-15,18-20H2,1H3/t31-/m0/s1. The van der Waals surface area contributed by atoms with Crippen LogP contribution in [0.5, 0.6) is 0 Å². The van der Waals surface area contributed by atoms with Crippen LogP contribution in [0.15, 0.2) is 53.8 Å². The minimum absolute atomic E-state index is 0.129. The first-order chi connectivity index (χ1) is 20.4. The second-order valence-electron chi connectivity index (χ2n) is 11.7. The van der Waals surface area contributed by atoms with Crippen LogP contribution in [0.2, 0.25) is 0 Å². The fourth-order valence-corrected chi connectivity index (χ4v) is 6.77. The van der Waals surface area contributed by atoms with E-state index in [2.05, 4.69) is 43.1 Å². The highest BCUT2D eigenvalue weighted by molar-refractivity contribution is 6.14. The summed E-state index contributed by atoms with van der Waals surface area (Å²) in [7, 11) is 1.86. The molecule has 0 bridgehead atoms. The monoisotopic (exact) mass is 563 g/mol. The SMILES string of the molecule is Cn1cnc(-c2ccc(N3CCN(C(=O)CN4CC[C@]5(CCN(c6ccc7c(c6)C(C#N)=NC7)C5=O)C4)CC3)cc2)n1. The largest absolute Gasteiger partial charge is 0.368 e. The molecule has 3 aromatic rings. The van der Waals surface area contributed by atoms with Crippen LogP contribution in [-0.4, -0.2) is 94.4 Å². The van der Waals surface area contributed by atoms with Crippen LogP contribution in [0, 0.1) is 16.7 Å². The summed E-state index contributed by atoms with van der Waals surface area (Å²) in [6, 6.07) is 16.3. The topological polar surface area (TPSA) is 114 Å². The molecule has 214 valence electrons. The molecule has 11 heteroatoms. The molecular formula is C31H33N9O2. The molecule has 3 fully saturated rings. The van der Waals surface area contributed by atoms with E-state index in [9.17, 15) is 14.9 Å². The van der Waals surface area contributed by atoms with Crippen molar-refractivity contribution in [3.05, 3.63) is 59.9 Å². The fourth-order valence-electron chi connectivity index (χ4n) is 6.77. The number of hydrogen-bond donors (Lipinski definition) is 0. The fraction of sp³-hybridized carbons (Fsp3) is 0.419. The van der Waals surface area contributed by atoms with Crippen LogP contribution in [0.3, 0.4) is 0 Å². The molecule has 0 unspecified atom stereocenters. The zero-order valence-electron chi connectivity index (χ0n) is 23.7. The third kappa shape index (κ3) is 4.61. The Labute approximate surface area is 244 Å². The summed E-state index contributed by atoms with van der Waals surface area (Å²) in [5.74, 6) is 0.972. The van der Waals surface area contributed by atoms with Gasteiger partial charge in [-0.2, -0.15) is 10.4 Å². The van der Waals surface area contributed by atoms with Crippen molar-refractivity contribution in [2.24, 2.45) is 17.5 Å². The second kappa shape index (κ2) is 10.4. The number of nitriles is 1. The summed E-state index contributed by atoms with van der Waals surface area (Å²) in [5.41, 5.74) is 4.80. The number of benzene rings is 2. The first-order valence-corrected chi connectivity index (χ1v) is 14.5. The molecule has 7 rings (SSSR count). The van der Waals surface area contributed by atoms with E-state index >= 15 is 0 Å². The van der Waals surface area contributed by atoms with Gasteiger partial charge in [0.15, 0.2) is 5.82 Å². The lowest BCUT2D eigenvalue weighted by molar-refractivity contribution is -0.133. The Kier molecular flexibility index (Phi) is 6.50. The van der Waals surface area contributed by atoms with E-state index in [0.717, 1.165) is 60.5 Å². The summed E-state index contributed by atoms with van der Waals surface area (Å²) in [6.07, 6.45) is 3.24. The predicted molar refractivity (Wildman–Crippen MR) is 158 cm³/mol. The summed E-state index contributed by atoms with van der Waals surface area (Å²) >= 11 is 0. The smallest absolute Gasteiger partial charge is 0.236 e. The molecule has 11 nitrogen and oxygen atoms in total. The van der Waals surface area contributed by atoms with Gasteiger partial charge in [0.25, 0.3) is 0 Å². The third-order valence-electron chi connectivity index (χ3n) is 9.20. The number of carbonyl (C=O) groups is 2. The van der Waals surface area contributed by atoms with Crippen molar-refractivity contribution in [2.75, 3.05) is 62.2 Å². The van der Waals surface area contributed by atoms with E-state index in [1.165, 1.54) is 0 Å². The zero-order valence-corrected chi connectivity index (χ0v) is 23.7. The van der Waals surface area contributed by atoms with E-state index < -0.39 is 5.41 Å². The molecule has 1 spiro atoms. The number of carbonyl (C=O) groups excluding carboxylic acids is 2. The Bertz CT molecular complexity index is 1610. The van der Waals surface area contributed by atoms with Crippen LogP contribution in [0.4, 0.5) is 11.4 Å². The van der Waals surface area contributed by atoms with Crippen LogP contribution >= 0.6 is 0 Å². The number of hydrogen-bond acceptors (Lipinski definition) is 8. The number of rotatable bonds is 5. The normalized spacial score (nSPS) is 22.1. The molecular weight excluding hydrogens is 530 g/mol. The van der Waals surface area contributed by atoms with Crippen LogP contribution in [0.1, 0.15) is 24.0 Å². The van der Waals surface area contributed by atoms with Gasteiger partial charge in [-0.3, -0.25) is 24.2 Å². The van der Waals surface area contributed by atoms with Crippen molar-refractivity contribution in [2.45, 2.75) is 19.4 Å². The summed E-state index contributed by atoms with van der Waals surface area (Å²) in [4.78, 5) is 43.8. The predicted octanol–water partition coefficient (Wildman–Crippen LogP) is 2.09. The highest BCUT2D eigenvalue weighted by Crippen LogP contribution is 2.42.